The number of aldehydes is 1. The molecule has 1 aromatic heterocycles. The molecule has 0 saturated carbocycles. The van der Waals surface area contributed by atoms with Crippen LogP contribution in [0.2, 0.25) is 0 Å². The van der Waals surface area contributed by atoms with Crippen LogP contribution in [0.25, 0.3) is 0 Å². The number of aryl methyl sites for hydroxylation is 3. The number of nitrogens with zero attached hydrogens (tertiary/aromatic N) is 2. The van der Waals surface area contributed by atoms with Crippen molar-refractivity contribution in [3.05, 3.63) is 46.8 Å². The maximum atomic E-state index is 10.7. The van der Waals surface area contributed by atoms with Gasteiger partial charge in [-0.3, -0.25) is 4.79 Å². The van der Waals surface area contributed by atoms with Gasteiger partial charge in [-0.05, 0) is 56.3 Å². The van der Waals surface area contributed by atoms with Crippen LogP contribution in [0.15, 0.2) is 34.3 Å². The molecule has 4 heteroatoms. The Hall–Kier alpha value is -1.68. The van der Waals surface area contributed by atoms with E-state index in [1.165, 1.54) is 11.8 Å². The van der Waals surface area contributed by atoms with E-state index in [4.69, 9.17) is 0 Å². The largest absolute Gasteiger partial charge is 0.298 e. The third kappa shape index (κ3) is 2.96. The van der Waals surface area contributed by atoms with Crippen LogP contribution in [0.3, 0.4) is 0 Å². The molecule has 0 fully saturated rings. The molecule has 92 valence electrons. The Morgan fingerprint density at radius 2 is 1.72 bits per heavy atom. The smallest absolute Gasteiger partial charge is 0.192 e. The van der Waals surface area contributed by atoms with Gasteiger partial charge in [0.1, 0.15) is 6.29 Å². The minimum Gasteiger partial charge on any atom is -0.298 e. The van der Waals surface area contributed by atoms with Crippen LogP contribution < -0.4 is 0 Å². The van der Waals surface area contributed by atoms with Crippen molar-refractivity contribution >= 4 is 18.0 Å². The molecular weight excluding hydrogens is 244 g/mol. The number of hydrogen-bond donors (Lipinski definition) is 0. The number of carbonyl (C=O) groups excluding carboxylic acids is 1. The van der Waals surface area contributed by atoms with Crippen molar-refractivity contribution in [2.45, 2.75) is 30.8 Å². The first-order valence-electron chi connectivity index (χ1n) is 5.64. The molecule has 1 aromatic carbocycles. The molecule has 0 unspecified atom stereocenters. The summed E-state index contributed by atoms with van der Waals surface area (Å²) in [4.78, 5) is 20.6. The van der Waals surface area contributed by atoms with Crippen LogP contribution >= 0.6 is 11.8 Å². The topological polar surface area (TPSA) is 42.9 Å². The lowest BCUT2D eigenvalue weighted by Crippen LogP contribution is -1.93. The number of carbonyl (C=O) groups is 1. The Morgan fingerprint density at radius 1 is 1.06 bits per heavy atom. The molecule has 0 atom stereocenters. The minimum absolute atomic E-state index is 0.693. The number of hydrogen-bond acceptors (Lipinski definition) is 4. The minimum atomic E-state index is 0.693. The second-order valence-corrected chi connectivity index (χ2v) is 5.19. The van der Waals surface area contributed by atoms with Gasteiger partial charge in [0.2, 0.25) is 0 Å². The van der Waals surface area contributed by atoms with Gasteiger partial charge < -0.3 is 0 Å². The maximum Gasteiger partial charge on any atom is 0.192 e. The molecule has 0 aliphatic rings. The Kier molecular flexibility index (Phi) is 3.77. The van der Waals surface area contributed by atoms with Gasteiger partial charge in [0.05, 0.1) is 0 Å². The third-order valence-corrected chi connectivity index (χ3v) is 3.54. The second-order valence-electron chi connectivity index (χ2n) is 4.18. The van der Waals surface area contributed by atoms with E-state index in [0.717, 1.165) is 33.3 Å². The zero-order valence-corrected chi connectivity index (χ0v) is 11.4. The molecular formula is C14H14N2OS. The predicted octanol–water partition coefficient (Wildman–Crippen LogP) is 3.37. The maximum absolute atomic E-state index is 10.7. The average Bonchev–Trinajstić information content (AvgIpc) is 2.30. The normalized spacial score (nSPS) is 10.4. The average molecular weight is 258 g/mol. The Morgan fingerprint density at radius 3 is 2.28 bits per heavy atom. The summed E-state index contributed by atoms with van der Waals surface area (Å²) in [7, 11) is 0. The van der Waals surface area contributed by atoms with Gasteiger partial charge in [-0.1, -0.05) is 6.07 Å². The Balaban J connectivity index is 2.31. The SMILES string of the molecule is Cc1cc(C)nc(Sc2ccc(C=O)cc2C)n1. The van der Waals surface area contributed by atoms with Crippen molar-refractivity contribution in [1.29, 1.82) is 0 Å². The third-order valence-electron chi connectivity index (χ3n) is 2.50. The van der Waals surface area contributed by atoms with Gasteiger partial charge in [-0.2, -0.15) is 0 Å². The molecule has 0 aliphatic heterocycles. The summed E-state index contributed by atoms with van der Waals surface area (Å²) >= 11 is 1.52. The molecule has 18 heavy (non-hydrogen) atoms. The molecule has 0 saturated heterocycles. The fourth-order valence-corrected chi connectivity index (χ4v) is 2.63. The van der Waals surface area contributed by atoms with Crippen molar-refractivity contribution in [3.63, 3.8) is 0 Å². The summed E-state index contributed by atoms with van der Waals surface area (Å²) in [6, 6.07) is 7.57. The molecule has 2 rings (SSSR count). The van der Waals surface area contributed by atoms with Gasteiger partial charge >= 0.3 is 0 Å². The molecule has 0 amide bonds. The Labute approximate surface area is 111 Å². The van der Waals surface area contributed by atoms with E-state index < -0.39 is 0 Å². The van der Waals surface area contributed by atoms with E-state index in [-0.39, 0.29) is 0 Å². The fraction of sp³-hybridized carbons (Fsp3) is 0.214. The Bertz CT molecular complexity index is 576. The zero-order valence-electron chi connectivity index (χ0n) is 10.6. The second kappa shape index (κ2) is 5.31. The first-order chi connectivity index (χ1) is 8.58. The lowest BCUT2D eigenvalue weighted by molar-refractivity contribution is 0.112. The van der Waals surface area contributed by atoms with Crippen molar-refractivity contribution in [3.8, 4) is 0 Å². The first-order valence-corrected chi connectivity index (χ1v) is 6.46. The van der Waals surface area contributed by atoms with Crippen LogP contribution in [0.1, 0.15) is 27.3 Å². The van der Waals surface area contributed by atoms with Crippen molar-refractivity contribution in [1.82, 2.24) is 9.97 Å². The summed E-state index contributed by atoms with van der Waals surface area (Å²) in [5, 5.41) is 0.745. The fourth-order valence-electron chi connectivity index (χ4n) is 1.70. The van der Waals surface area contributed by atoms with E-state index in [1.807, 2.05) is 45.0 Å². The summed E-state index contributed by atoms with van der Waals surface area (Å²) in [6.45, 7) is 5.90. The lowest BCUT2D eigenvalue weighted by atomic mass is 10.2. The molecule has 0 N–H and O–H groups in total. The van der Waals surface area contributed by atoms with Gasteiger partial charge in [-0.15, -0.1) is 0 Å². The van der Waals surface area contributed by atoms with Crippen molar-refractivity contribution in [2.75, 3.05) is 0 Å². The van der Waals surface area contributed by atoms with Crippen LogP contribution in [0.5, 0.6) is 0 Å². The van der Waals surface area contributed by atoms with Gasteiger partial charge in [0.15, 0.2) is 5.16 Å². The number of aromatic nitrogens is 2. The molecule has 1 heterocycles. The van der Waals surface area contributed by atoms with Gasteiger partial charge in [0, 0.05) is 21.8 Å². The molecule has 0 radical (unpaired) electrons. The van der Waals surface area contributed by atoms with Crippen molar-refractivity contribution < 1.29 is 4.79 Å². The monoisotopic (exact) mass is 258 g/mol. The summed E-state index contributed by atoms with van der Waals surface area (Å²) in [5.41, 5.74) is 3.69. The molecule has 0 bridgehead atoms. The van der Waals surface area contributed by atoms with Gasteiger partial charge in [0.25, 0.3) is 0 Å². The van der Waals surface area contributed by atoms with Crippen LogP contribution in [0.4, 0.5) is 0 Å². The quantitative estimate of drug-likeness (QED) is 0.625. The van der Waals surface area contributed by atoms with Crippen LogP contribution in [-0.2, 0) is 0 Å². The molecule has 2 aromatic rings. The summed E-state index contributed by atoms with van der Waals surface area (Å²) < 4.78 is 0. The van der Waals surface area contributed by atoms with E-state index >= 15 is 0 Å². The van der Waals surface area contributed by atoms with E-state index in [9.17, 15) is 4.79 Å². The van der Waals surface area contributed by atoms with E-state index in [0.29, 0.717) is 5.56 Å². The predicted molar refractivity (Wildman–Crippen MR) is 72.2 cm³/mol. The molecule has 0 spiro atoms. The first kappa shape index (κ1) is 12.8. The van der Waals surface area contributed by atoms with Crippen LogP contribution in [0, 0.1) is 20.8 Å². The highest BCUT2D eigenvalue weighted by atomic mass is 32.2. The van der Waals surface area contributed by atoms with Crippen LogP contribution in [-0.4, -0.2) is 16.3 Å². The lowest BCUT2D eigenvalue weighted by Gasteiger charge is -2.06. The summed E-state index contributed by atoms with van der Waals surface area (Å²) in [6.07, 6.45) is 0.856. The highest BCUT2D eigenvalue weighted by Crippen LogP contribution is 2.28. The standard InChI is InChI=1S/C14H14N2OS/c1-9-6-12(8-17)4-5-13(9)18-14-15-10(2)7-11(3)16-14/h4-8H,1-3H3. The number of benzene rings is 1. The molecule has 3 nitrogen and oxygen atoms in total. The molecule has 0 aliphatic carbocycles. The highest BCUT2D eigenvalue weighted by Gasteiger charge is 2.06. The summed E-state index contributed by atoms with van der Waals surface area (Å²) in [5.74, 6) is 0. The zero-order chi connectivity index (χ0) is 13.1. The number of rotatable bonds is 3. The van der Waals surface area contributed by atoms with Crippen molar-refractivity contribution in [2.24, 2.45) is 0 Å². The van der Waals surface area contributed by atoms with E-state index in [1.54, 1.807) is 0 Å². The van der Waals surface area contributed by atoms with E-state index in [2.05, 4.69) is 9.97 Å². The van der Waals surface area contributed by atoms with Gasteiger partial charge in [-0.25, -0.2) is 9.97 Å². The highest BCUT2D eigenvalue weighted by molar-refractivity contribution is 7.99.